The summed E-state index contributed by atoms with van der Waals surface area (Å²) in [4.78, 5) is 8.12. The summed E-state index contributed by atoms with van der Waals surface area (Å²) in [5.41, 5.74) is 6.41. The normalized spacial score (nSPS) is 9.08. The third kappa shape index (κ3) is 2.83. The molecule has 6 heteroatoms. The minimum atomic E-state index is 0.505. The Labute approximate surface area is 81.9 Å². The molecule has 13 heavy (non-hydrogen) atoms. The fraction of sp³-hybridized carbons (Fsp3) is 0.286. The van der Waals surface area contributed by atoms with Gasteiger partial charge in [-0.2, -0.15) is 0 Å². The van der Waals surface area contributed by atoms with Gasteiger partial charge in [0.2, 0.25) is 0 Å². The number of rotatable bonds is 2. The lowest BCUT2D eigenvalue weighted by molar-refractivity contribution is 0.996. The van der Waals surface area contributed by atoms with Crippen LogP contribution in [0.15, 0.2) is 12.4 Å². The molecule has 5 nitrogen and oxygen atoms in total. The van der Waals surface area contributed by atoms with E-state index < -0.39 is 0 Å². The van der Waals surface area contributed by atoms with Crippen LogP contribution in [0.1, 0.15) is 5.69 Å². The first-order valence-corrected chi connectivity index (χ1v) is 4.16. The van der Waals surface area contributed by atoms with Gasteiger partial charge in [-0.05, 0) is 19.1 Å². The quantitative estimate of drug-likeness (QED) is 0.465. The molecule has 1 aromatic rings. The number of hydrazine groups is 1. The number of thiocarbonyl (C=S) groups is 1. The molecule has 0 fully saturated rings. The van der Waals surface area contributed by atoms with Gasteiger partial charge in [-0.1, -0.05) is 0 Å². The maximum Gasteiger partial charge on any atom is 0.184 e. The van der Waals surface area contributed by atoms with Crippen molar-refractivity contribution < 1.29 is 0 Å². The van der Waals surface area contributed by atoms with Crippen molar-refractivity contribution in [3.63, 3.8) is 0 Å². The first kappa shape index (κ1) is 9.66. The summed E-state index contributed by atoms with van der Waals surface area (Å²) >= 11 is 4.86. The maximum atomic E-state index is 4.86. The molecule has 0 saturated carbocycles. The van der Waals surface area contributed by atoms with Crippen LogP contribution >= 0.6 is 12.2 Å². The van der Waals surface area contributed by atoms with Crippen LogP contribution in [0.25, 0.3) is 0 Å². The Morgan fingerprint density at radius 1 is 1.38 bits per heavy atom. The van der Waals surface area contributed by atoms with Gasteiger partial charge in [0, 0.05) is 19.4 Å². The zero-order valence-corrected chi connectivity index (χ0v) is 8.27. The van der Waals surface area contributed by atoms with Gasteiger partial charge in [-0.3, -0.25) is 15.8 Å². The van der Waals surface area contributed by atoms with E-state index in [-0.39, 0.29) is 0 Å². The van der Waals surface area contributed by atoms with Gasteiger partial charge in [-0.25, -0.2) is 4.98 Å². The van der Waals surface area contributed by atoms with Crippen molar-refractivity contribution in [1.29, 1.82) is 0 Å². The molecular weight excluding hydrogens is 186 g/mol. The van der Waals surface area contributed by atoms with E-state index in [0.29, 0.717) is 10.9 Å². The highest BCUT2D eigenvalue weighted by Crippen LogP contribution is 2.03. The van der Waals surface area contributed by atoms with Gasteiger partial charge in [0.1, 0.15) is 0 Å². The van der Waals surface area contributed by atoms with Gasteiger partial charge in [0.15, 0.2) is 10.9 Å². The van der Waals surface area contributed by atoms with Crippen LogP contribution in [0.4, 0.5) is 5.82 Å². The van der Waals surface area contributed by atoms with Gasteiger partial charge < -0.3 is 5.32 Å². The third-order valence-corrected chi connectivity index (χ3v) is 1.71. The van der Waals surface area contributed by atoms with Crippen LogP contribution in [-0.2, 0) is 0 Å². The van der Waals surface area contributed by atoms with Crippen molar-refractivity contribution in [1.82, 2.24) is 20.7 Å². The molecule has 0 unspecified atom stereocenters. The van der Waals surface area contributed by atoms with Crippen molar-refractivity contribution in [2.75, 3.05) is 12.5 Å². The van der Waals surface area contributed by atoms with Gasteiger partial charge >= 0.3 is 0 Å². The van der Waals surface area contributed by atoms with Crippen molar-refractivity contribution >= 4 is 23.1 Å². The second-order valence-electron chi connectivity index (χ2n) is 2.32. The molecule has 70 valence electrons. The molecule has 0 bridgehead atoms. The second-order valence-corrected chi connectivity index (χ2v) is 2.73. The van der Waals surface area contributed by atoms with Gasteiger partial charge in [0.25, 0.3) is 0 Å². The average molecular weight is 197 g/mol. The van der Waals surface area contributed by atoms with Crippen LogP contribution in [0, 0.1) is 6.92 Å². The molecular formula is C7H11N5S. The monoisotopic (exact) mass is 197 g/mol. The van der Waals surface area contributed by atoms with Crippen LogP contribution in [0.5, 0.6) is 0 Å². The topological polar surface area (TPSA) is 61.9 Å². The number of nitrogens with one attached hydrogen (secondary N) is 3. The Balaban J connectivity index is 2.54. The Hall–Kier alpha value is -1.43. The predicted octanol–water partition coefficient (Wildman–Crippen LogP) is 0.206. The van der Waals surface area contributed by atoms with E-state index in [2.05, 4.69) is 26.1 Å². The zero-order chi connectivity index (χ0) is 9.68. The lowest BCUT2D eigenvalue weighted by Crippen LogP contribution is -2.37. The summed E-state index contributed by atoms with van der Waals surface area (Å²) in [6.45, 7) is 1.86. The van der Waals surface area contributed by atoms with E-state index in [0.717, 1.165) is 5.69 Å². The standard InChI is InChI=1S/C7H11N5S/c1-5-6(10-4-3-9-5)11-12-7(13)8-2/h3-4H,1-2H3,(H,10,11)(H2,8,12,13). The molecule has 3 N–H and O–H groups in total. The van der Waals surface area contributed by atoms with Crippen LogP contribution in [0.3, 0.4) is 0 Å². The largest absolute Gasteiger partial charge is 0.364 e. The van der Waals surface area contributed by atoms with E-state index in [1.165, 1.54) is 0 Å². The molecule has 0 aliphatic carbocycles. The summed E-state index contributed by atoms with van der Waals surface area (Å²) in [6, 6.07) is 0. The molecule has 0 spiro atoms. The SMILES string of the molecule is CNC(=S)NNc1nccnc1C. The molecule has 1 heterocycles. The highest BCUT2D eigenvalue weighted by atomic mass is 32.1. The Kier molecular flexibility index (Phi) is 3.39. The summed E-state index contributed by atoms with van der Waals surface area (Å²) in [7, 11) is 1.74. The number of aryl methyl sites for hydroxylation is 1. The van der Waals surface area contributed by atoms with Crippen molar-refractivity contribution in [2.45, 2.75) is 6.92 Å². The number of nitrogens with zero attached hydrogens (tertiary/aromatic N) is 2. The molecule has 0 radical (unpaired) electrons. The summed E-state index contributed by atoms with van der Waals surface area (Å²) in [6.07, 6.45) is 3.25. The fourth-order valence-electron chi connectivity index (χ4n) is 0.709. The molecule has 0 amide bonds. The van der Waals surface area contributed by atoms with Gasteiger partial charge in [-0.15, -0.1) is 0 Å². The number of aromatic nitrogens is 2. The summed E-state index contributed by atoms with van der Waals surface area (Å²) in [5, 5.41) is 3.27. The lowest BCUT2D eigenvalue weighted by Gasteiger charge is -2.09. The first-order valence-electron chi connectivity index (χ1n) is 3.75. The summed E-state index contributed by atoms with van der Waals surface area (Å²) in [5.74, 6) is 0.667. The Morgan fingerprint density at radius 3 is 2.69 bits per heavy atom. The van der Waals surface area contributed by atoms with E-state index in [4.69, 9.17) is 12.2 Å². The molecule has 1 rings (SSSR count). The van der Waals surface area contributed by atoms with E-state index >= 15 is 0 Å². The zero-order valence-electron chi connectivity index (χ0n) is 7.46. The third-order valence-electron chi connectivity index (χ3n) is 1.40. The van der Waals surface area contributed by atoms with Crippen LogP contribution in [-0.4, -0.2) is 22.1 Å². The van der Waals surface area contributed by atoms with Crippen molar-refractivity contribution in [3.05, 3.63) is 18.1 Å². The highest BCUT2D eigenvalue weighted by Gasteiger charge is 1.97. The fourth-order valence-corrected chi connectivity index (χ4v) is 0.760. The average Bonchev–Trinajstić information content (AvgIpc) is 2.16. The molecule has 1 aromatic heterocycles. The Bertz CT molecular complexity index is 301. The molecule has 0 aromatic carbocycles. The van der Waals surface area contributed by atoms with E-state index in [9.17, 15) is 0 Å². The molecule has 0 aliphatic heterocycles. The molecule has 0 saturated heterocycles. The number of anilines is 1. The minimum Gasteiger partial charge on any atom is -0.364 e. The second kappa shape index (κ2) is 4.56. The number of hydrogen-bond acceptors (Lipinski definition) is 4. The highest BCUT2D eigenvalue weighted by molar-refractivity contribution is 7.80. The van der Waals surface area contributed by atoms with Crippen LogP contribution < -0.4 is 16.2 Å². The van der Waals surface area contributed by atoms with Crippen LogP contribution in [0.2, 0.25) is 0 Å². The molecule has 0 atom stereocenters. The van der Waals surface area contributed by atoms with Crippen molar-refractivity contribution in [2.24, 2.45) is 0 Å². The maximum absolute atomic E-state index is 4.86. The van der Waals surface area contributed by atoms with E-state index in [1.807, 2.05) is 6.92 Å². The molecule has 0 aliphatic rings. The van der Waals surface area contributed by atoms with Gasteiger partial charge in [0.05, 0.1) is 5.69 Å². The van der Waals surface area contributed by atoms with E-state index in [1.54, 1.807) is 19.4 Å². The minimum absolute atomic E-state index is 0.505. The number of hydrogen-bond donors (Lipinski definition) is 3. The first-order chi connectivity index (χ1) is 6.24. The summed E-state index contributed by atoms with van der Waals surface area (Å²) < 4.78 is 0. The van der Waals surface area contributed by atoms with Crippen molar-refractivity contribution in [3.8, 4) is 0 Å². The Morgan fingerprint density at radius 2 is 2.08 bits per heavy atom. The smallest absolute Gasteiger partial charge is 0.184 e. The predicted molar refractivity (Wildman–Crippen MR) is 55.2 cm³/mol. The lowest BCUT2D eigenvalue weighted by atomic mass is 10.5.